The number of imidazole rings is 1. The minimum absolute atomic E-state index is 0.0704. The van der Waals surface area contributed by atoms with Crippen LogP contribution in [-0.4, -0.2) is 26.3 Å². The molecule has 0 bridgehead atoms. The predicted molar refractivity (Wildman–Crippen MR) is 72.1 cm³/mol. The van der Waals surface area contributed by atoms with Crippen molar-refractivity contribution in [2.24, 2.45) is 14.1 Å². The zero-order valence-corrected chi connectivity index (χ0v) is 11.2. The second-order valence-electron chi connectivity index (χ2n) is 4.66. The van der Waals surface area contributed by atoms with Gasteiger partial charge in [-0.05, 0) is 24.6 Å². The second kappa shape index (κ2) is 4.89. The summed E-state index contributed by atoms with van der Waals surface area (Å²) < 4.78 is 3.17. The van der Waals surface area contributed by atoms with Crippen LogP contribution in [0, 0.1) is 0 Å². The number of hydrogen-bond donors (Lipinski definition) is 2. The summed E-state index contributed by atoms with van der Waals surface area (Å²) >= 11 is 0. The van der Waals surface area contributed by atoms with Gasteiger partial charge in [-0.25, -0.2) is 4.79 Å². The Kier molecular flexibility index (Phi) is 3.44. The Morgan fingerprint density at radius 3 is 2.58 bits per heavy atom. The van der Waals surface area contributed by atoms with Crippen molar-refractivity contribution in [3.05, 3.63) is 34.2 Å². The van der Waals surface area contributed by atoms with Crippen molar-refractivity contribution < 1.29 is 9.90 Å². The number of carbonyl (C=O) groups is 1. The lowest BCUT2D eigenvalue weighted by atomic mass is 10.2. The maximum atomic E-state index is 11.8. The molecule has 0 saturated heterocycles. The fourth-order valence-corrected chi connectivity index (χ4v) is 2.02. The van der Waals surface area contributed by atoms with Gasteiger partial charge in [0.1, 0.15) is 6.04 Å². The number of fused-ring (bicyclic) bond motifs is 1. The number of benzene rings is 1. The van der Waals surface area contributed by atoms with Gasteiger partial charge in [-0.1, -0.05) is 6.07 Å². The van der Waals surface area contributed by atoms with Crippen LogP contribution in [0.5, 0.6) is 0 Å². The van der Waals surface area contributed by atoms with Crippen LogP contribution in [0.15, 0.2) is 23.0 Å². The summed E-state index contributed by atoms with van der Waals surface area (Å²) in [7, 11) is 3.46. The molecule has 0 radical (unpaired) electrons. The topological polar surface area (TPSA) is 76.3 Å². The lowest BCUT2D eigenvalue weighted by Gasteiger charge is -2.09. The molecule has 0 spiro atoms. The zero-order valence-electron chi connectivity index (χ0n) is 11.2. The number of aryl methyl sites for hydroxylation is 2. The van der Waals surface area contributed by atoms with Gasteiger partial charge in [-0.2, -0.15) is 0 Å². The molecule has 0 aliphatic rings. The van der Waals surface area contributed by atoms with Crippen LogP contribution in [0.1, 0.15) is 12.5 Å². The highest BCUT2D eigenvalue weighted by molar-refractivity contribution is 5.77. The SMILES string of the molecule is CC(NCc1ccc2c(c1)n(C)c(=O)n2C)C(=O)O. The number of aliphatic carboxylic acids is 1. The third kappa shape index (κ3) is 2.39. The number of rotatable bonds is 4. The van der Waals surface area contributed by atoms with Crippen LogP contribution in [0.3, 0.4) is 0 Å². The van der Waals surface area contributed by atoms with E-state index in [2.05, 4.69) is 5.32 Å². The summed E-state index contributed by atoms with van der Waals surface area (Å²) in [6, 6.07) is 5.07. The van der Waals surface area contributed by atoms with E-state index in [4.69, 9.17) is 5.11 Å². The van der Waals surface area contributed by atoms with Gasteiger partial charge in [-0.15, -0.1) is 0 Å². The molecule has 2 rings (SSSR count). The Bertz CT molecular complexity index is 684. The lowest BCUT2D eigenvalue weighted by Crippen LogP contribution is -2.33. The summed E-state index contributed by atoms with van der Waals surface area (Å²) in [4.78, 5) is 22.5. The maximum absolute atomic E-state index is 11.8. The molecular weight excluding hydrogens is 246 g/mol. The molecule has 1 aromatic heterocycles. The summed E-state index contributed by atoms with van der Waals surface area (Å²) in [5, 5.41) is 11.7. The highest BCUT2D eigenvalue weighted by Crippen LogP contribution is 2.14. The van der Waals surface area contributed by atoms with E-state index in [0.717, 1.165) is 16.6 Å². The van der Waals surface area contributed by atoms with Crippen molar-refractivity contribution in [2.45, 2.75) is 19.5 Å². The first-order valence-corrected chi connectivity index (χ1v) is 6.02. The largest absolute Gasteiger partial charge is 0.480 e. The molecule has 0 fully saturated rings. The standard InChI is InChI=1S/C13H17N3O3/c1-8(12(17)18)14-7-9-4-5-10-11(6-9)16(3)13(19)15(10)2/h4-6,8,14H,7H2,1-3H3,(H,17,18). The first kappa shape index (κ1) is 13.4. The molecule has 1 atom stereocenters. The van der Waals surface area contributed by atoms with E-state index in [9.17, 15) is 9.59 Å². The molecule has 1 heterocycles. The van der Waals surface area contributed by atoms with E-state index < -0.39 is 12.0 Å². The zero-order chi connectivity index (χ0) is 14.2. The summed E-state index contributed by atoms with van der Waals surface area (Å²) in [5.41, 5.74) is 2.58. The quantitative estimate of drug-likeness (QED) is 0.839. The third-order valence-corrected chi connectivity index (χ3v) is 3.32. The van der Waals surface area contributed by atoms with Crippen LogP contribution in [0.4, 0.5) is 0 Å². The van der Waals surface area contributed by atoms with Gasteiger partial charge in [0.15, 0.2) is 0 Å². The minimum Gasteiger partial charge on any atom is -0.480 e. The number of aromatic nitrogens is 2. The first-order chi connectivity index (χ1) is 8.91. The van der Waals surface area contributed by atoms with Crippen molar-refractivity contribution in [3.8, 4) is 0 Å². The average molecular weight is 263 g/mol. The van der Waals surface area contributed by atoms with Gasteiger partial charge in [0.25, 0.3) is 0 Å². The fraction of sp³-hybridized carbons (Fsp3) is 0.385. The van der Waals surface area contributed by atoms with Crippen LogP contribution in [0.25, 0.3) is 11.0 Å². The highest BCUT2D eigenvalue weighted by atomic mass is 16.4. The molecule has 102 valence electrons. The fourth-order valence-electron chi connectivity index (χ4n) is 2.02. The molecule has 0 saturated carbocycles. The van der Waals surface area contributed by atoms with Crippen LogP contribution in [-0.2, 0) is 25.4 Å². The van der Waals surface area contributed by atoms with Gasteiger partial charge >= 0.3 is 11.7 Å². The second-order valence-corrected chi connectivity index (χ2v) is 4.66. The molecule has 0 aliphatic carbocycles. The van der Waals surface area contributed by atoms with Crippen molar-refractivity contribution in [2.75, 3.05) is 0 Å². The molecule has 19 heavy (non-hydrogen) atoms. The average Bonchev–Trinajstić information content (AvgIpc) is 2.61. The minimum atomic E-state index is -0.881. The van der Waals surface area contributed by atoms with E-state index in [0.29, 0.717) is 6.54 Å². The van der Waals surface area contributed by atoms with E-state index in [1.54, 1.807) is 30.2 Å². The Hall–Kier alpha value is -2.08. The van der Waals surface area contributed by atoms with Crippen LogP contribution < -0.4 is 11.0 Å². The lowest BCUT2D eigenvalue weighted by molar-refractivity contribution is -0.139. The molecule has 2 N–H and O–H groups in total. The smallest absolute Gasteiger partial charge is 0.328 e. The molecule has 0 amide bonds. The van der Waals surface area contributed by atoms with Gasteiger partial charge in [0, 0.05) is 20.6 Å². The number of carboxylic acid groups (broad SMARTS) is 1. The third-order valence-electron chi connectivity index (χ3n) is 3.32. The van der Waals surface area contributed by atoms with E-state index in [1.807, 2.05) is 18.2 Å². The van der Waals surface area contributed by atoms with E-state index in [1.165, 1.54) is 0 Å². The number of nitrogens with one attached hydrogen (secondary N) is 1. The van der Waals surface area contributed by atoms with Crippen molar-refractivity contribution in [1.82, 2.24) is 14.5 Å². The molecule has 2 aromatic rings. The van der Waals surface area contributed by atoms with Crippen molar-refractivity contribution >= 4 is 17.0 Å². The van der Waals surface area contributed by atoms with Crippen LogP contribution >= 0.6 is 0 Å². The normalized spacial score (nSPS) is 12.8. The molecular formula is C13H17N3O3. The Morgan fingerprint density at radius 1 is 1.32 bits per heavy atom. The molecule has 6 heteroatoms. The number of nitrogens with zero attached hydrogens (tertiary/aromatic N) is 2. The Labute approximate surface area is 110 Å². The maximum Gasteiger partial charge on any atom is 0.328 e. The highest BCUT2D eigenvalue weighted by Gasteiger charge is 2.11. The monoisotopic (exact) mass is 263 g/mol. The van der Waals surface area contributed by atoms with Gasteiger partial charge in [-0.3, -0.25) is 13.9 Å². The molecule has 1 unspecified atom stereocenters. The molecule has 6 nitrogen and oxygen atoms in total. The number of carboxylic acids is 1. The van der Waals surface area contributed by atoms with Crippen molar-refractivity contribution in [1.29, 1.82) is 0 Å². The number of hydrogen-bond acceptors (Lipinski definition) is 3. The van der Waals surface area contributed by atoms with E-state index in [-0.39, 0.29) is 5.69 Å². The Morgan fingerprint density at radius 2 is 1.95 bits per heavy atom. The van der Waals surface area contributed by atoms with Crippen molar-refractivity contribution in [3.63, 3.8) is 0 Å². The first-order valence-electron chi connectivity index (χ1n) is 6.02. The van der Waals surface area contributed by atoms with Gasteiger partial charge < -0.3 is 10.4 Å². The summed E-state index contributed by atoms with van der Waals surface area (Å²) in [6.45, 7) is 2.05. The van der Waals surface area contributed by atoms with Gasteiger partial charge in [0.2, 0.25) is 0 Å². The summed E-state index contributed by atoms with van der Waals surface area (Å²) in [6.07, 6.45) is 0. The van der Waals surface area contributed by atoms with Gasteiger partial charge in [0.05, 0.1) is 11.0 Å². The summed E-state index contributed by atoms with van der Waals surface area (Å²) in [5.74, 6) is -0.881. The van der Waals surface area contributed by atoms with Crippen LogP contribution in [0.2, 0.25) is 0 Å². The molecule has 1 aromatic carbocycles. The molecule has 0 aliphatic heterocycles. The predicted octanol–water partition coefficient (Wildman–Crippen LogP) is 0.440. The van der Waals surface area contributed by atoms with E-state index >= 15 is 0 Å². The Balaban J connectivity index is 2.30.